The van der Waals surface area contributed by atoms with Crippen LogP contribution in [-0.4, -0.2) is 18.2 Å². The molecule has 0 radical (unpaired) electrons. The Balaban J connectivity index is 3.15. The van der Waals surface area contributed by atoms with Crippen molar-refractivity contribution in [3.63, 3.8) is 0 Å². The number of hydrogen-bond donors (Lipinski definition) is 1. The van der Waals surface area contributed by atoms with Crippen molar-refractivity contribution >= 4 is 5.97 Å². The molecule has 0 amide bonds. The first-order valence-electron chi connectivity index (χ1n) is 6.16. The van der Waals surface area contributed by atoms with Crippen molar-refractivity contribution in [1.29, 1.82) is 0 Å². The molecule has 0 atom stereocenters. The molecule has 19 heavy (non-hydrogen) atoms. The minimum absolute atomic E-state index is 0.393. The second kappa shape index (κ2) is 6.78. The number of aliphatic carboxylic acids is 1. The maximum Gasteiger partial charge on any atom is 0.310 e. The highest BCUT2D eigenvalue weighted by Crippen LogP contribution is 2.35. The highest BCUT2D eigenvalue weighted by atomic mass is 16.5. The fraction of sp³-hybridized carbons (Fsp3) is 0.312. The molecule has 0 aliphatic rings. The number of ether oxygens (including phenoxy) is 1. The van der Waals surface area contributed by atoms with Crippen LogP contribution in [0.3, 0.4) is 0 Å². The molecule has 0 aromatic heterocycles. The molecule has 0 saturated heterocycles. The fourth-order valence-electron chi connectivity index (χ4n) is 2.24. The molecule has 0 fully saturated rings. The predicted octanol–water partition coefficient (Wildman–Crippen LogP) is 3.46. The topological polar surface area (TPSA) is 46.5 Å². The first-order valence-corrected chi connectivity index (χ1v) is 6.16. The van der Waals surface area contributed by atoms with Crippen LogP contribution in [0.1, 0.15) is 18.4 Å². The van der Waals surface area contributed by atoms with Crippen LogP contribution in [-0.2, 0) is 11.2 Å². The van der Waals surface area contributed by atoms with Crippen molar-refractivity contribution in [1.82, 2.24) is 0 Å². The van der Waals surface area contributed by atoms with Gasteiger partial charge in [-0.2, -0.15) is 0 Å². The van der Waals surface area contributed by atoms with E-state index in [1.165, 1.54) is 0 Å². The van der Waals surface area contributed by atoms with Gasteiger partial charge in [-0.15, -0.1) is 13.2 Å². The zero-order chi connectivity index (χ0) is 14.3. The maximum absolute atomic E-state index is 11.7. The monoisotopic (exact) mass is 260 g/mol. The third-order valence-corrected chi connectivity index (χ3v) is 3.25. The summed E-state index contributed by atoms with van der Waals surface area (Å²) in [5, 5.41) is 9.57. The minimum atomic E-state index is -0.905. The SMILES string of the molecule is C=CCC(CC=C)(Cc1ccccc1OC)C(=O)O. The molecule has 1 N–H and O–H groups in total. The third kappa shape index (κ3) is 3.47. The Morgan fingerprint density at radius 1 is 1.32 bits per heavy atom. The quantitative estimate of drug-likeness (QED) is 0.728. The summed E-state index contributed by atoms with van der Waals surface area (Å²) in [6, 6.07) is 7.48. The normalized spacial score (nSPS) is 10.8. The smallest absolute Gasteiger partial charge is 0.310 e. The van der Waals surface area contributed by atoms with Crippen molar-refractivity contribution in [3.8, 4) is 5.75 Å². The summed E-state index contributed by atoms with van der Waals surface area (Å²) >= 11 is 0. The van der Waals surface area contributed by atoms with Crippen LogP contribution in [0.5, 0.6) is 5.75 Å². The van der Waals surface area contributed by atoms with E-state index in [1.807, 2.05) is 24.3 Å². The Morgan fingerprint density at radius 3 is 2.37 bits per heavy atom. The molecule has 102 valence electrons. The molecule has 1 aromatic carbocycles. The average Bonchev–Trinajstić information content (AvgIpc) is 2.39. The fourth-order valence-corrected chi connectivity index (χ4v) is 2.24. The van der Waals surface area contributed by atoms with Gasteiger partial charge in [0, 0.05) is 0 Å². The highest BCUT2D eigenvalue weighted by Gasteiger charge is 2.36. The van der Waals surface area contributed by atoms with Gasteiger partial charge in [0.1, 0.15) is 5.75 Å². The van der Waals surface area contributed by atoms with E-state index in [1.54, 1.807) is 19.3 Å². The third-order valence-electron chi connectivity index (χ3n) is 3.25. The number of para-hydroxylation sites is 1. The van der Waals surface area contributed by atoms with E-state index in [0.29, 0.717) is 25.0 Å². The van der Waals surface area contributed by atoms with Gasteiger partial charge in [-0.3, -0.25) is 4.79 Å². The van der Waals surface area contributed by atoms with E-state index in [-0.39, 0.29) is 0 Å². The molecule has 0 unspecified atom stereocenters. The standard InChI is InChI=1S/C16H20O3/c1-4-10-16(11-5-2,15(17)18)12-13-8-6-7-9-14(13)19-3/h4-9H,1-2,10-12H2,3H3,(H,17,18). The van der Waals surface area contributed by atoms with Gasteiger partial charge in [0.15, 0.2) is 0 Å². The molecular weight excluding hydrogens is 240 g/mol. The zero-order valence-corrected chi connectivity index (χ0v) is 11.3. The van der Waals surface area contributed by atoms with Crippen LogP contribution >= 0.6 is 0 Å². The first-order chi connectivity index (χ1) is 9.09. The summed E-state index contributed by atoms with van der Waals surface area (Å²) in [7, 11) is 1.59. The molecule has 0 aliphatic carbocycles. The van der Waals surface area contributed by atoms with Crippen LogP contribution in [0.15, 0.2) is 49.6 Å². The molecule has 3 heteroatoms. The molecule has 0 spiro atoms. The lowest BCUT2D eigenvalue weighted by atomic mass is 9.76. The highest BCUT2D eigenvalue weighted by molar-refractivity contribution is 5.75. The van der Waals surface area contributed by atoms with Gasteiger partial charge in [-0.05, 0) is 30.9 Å². The molecule has 3 nitrogen and oxygen atoms in total. The molecule has 0 heterocycles. The summed E-state index contributed by atoms with van der Waals surface area (Å²) in [5.74, 6) is -0.126. The lowest BCUT2D eigenvalue weighted by Gasteiger charge is -2.27. The Kier molecular flexibility index (Phi) is 5.37. The Bertz CT molecular complexity index is 453. The van der Waals surface area contributed by atoms with Gasteiger partial charge < -0.3 is 9.84 Å². The van der Waals surface area contributed by atoms with Crippen molar-refractivity contribution in [2.24, 2.45) is 5.41 Å². The van der Waals surface area contributed by atoms with Gasteiger partial charge in [0.2, 0.25) is 0 Å². The van der Waals surface area contributed by atoms with E-state index in [4.69, 9.17) is 4.74 Å². The van der Waals surface area contributed by atoms with E-state index < -0.39 is 11.4 Å². The number of allylic oxidation sites excluding steroid dienone is 2. The second-order valence-electron chi connectivity index (χ2n) is 4.56. The summed E-state index contributed by atoms with van der Waals surface area (Å²) in [4.78, 5) is 11.7. The number of benzene rings is 1. The number of carboxylic acids is 1. The van der Waals surface area contributed by atoms with Crippen LogP contribution in [0.25, 0.3) is 0 Å². The molecule has 1 rings (SSSR count). The largest absolute Gasteiger partial charge is 0.496 e. The lowest BCUT2D eigenvalue weighted by molar-refractivity contribution is -0.148. The van der Waals surface area contributed by atoms with Crippen molar-refractivity contribution in [2.75, 3.05) is 7.11 Å². The van der Waals surface area contributed by atoms with Crippen LogP contribution < -0.4 is 4.74 Å². The summed E-state index contributed by atoms with van der Waals surface area (Å²) < 4.78 is 5.28. The van der Waals surface area contributed by atoms with Crippen LogP contribution in [0.4, 0.5) is 0 Å². The van der Waals surface area contributed by atoms with Gasteiger partial charge >= 0.3 is 5.97 Å². The molecule has 0 bridgehead atoms. The Labute approximate surface area is 114 Å². The van der Waals surface area contributed by atoms with E-state index >= 15 is 0 Å². The molecule has 0 aliphatic heterocycles. The summed E-state index contributed by atoms with van der Waals surface area (Å²) in [5.41, 5.74) is -0.0194. The van der Waals surface area contributed by atoms with Crippen molar-refractivity contribution in [2.45, 2.75) is 19.3 Å². The number of hydrogen-bond acceptors (Lipinski definition) is 2. The van der Waals surface area contributed by atoms with Gasteiger partial charge in [-0.25, -0.2) is 0 Å². The molecule has 0 saturated carbocycles. The van der Waals surface area contributed by atoms with E-state index in [0.717, 1.165) is 5.56 Å². The van der Waals surface area contributed by atoms with E-state index in [9.17, 15) is 9.90 Å². The summed E-state index contributed by atoms with van der Waals surface area (Å²) in [6.45, 7) is 7.33. The predicted molar refractivity (Wildman–Crippen MR) is 76.4 cm³/mol. The number of carbonyl (C=O) groups is 1. The summed E-state index contributed by atoms with van der Waals surface area (Å²) in [6.07, 6.45) is 4.48. The lowest BCUT2D eigenvalue weighted by Crippen LogP contribution is -2.32. The number of carboxylic acid groups (broad SMARTS) is 1. The van der Waals surface area contributed by atoms with Crippen molar-refractivity contribution < 1.29 is 14.6 Å². The van der Waals surface area contributed by atoms with Gasteiger partial charge in [-0.1, -0.05) is 30.4 Å². The molecule has 1 aromatic rings. The van der Waals surface area contributed by atoms with Crippen LogP contribution in [0.2, 0.25) is 0 Å². The zero-order valence-electron chi connectivity index (χ0n) is 11.3. The maximum atomic E-state index is 11.7. The number of methoxy groups -OCH3 is 1. The van der Waals surface area contributed by atoms with Gasteiger partial charge in [0.25, 0.3) is 0 Å². The van der Waals surface area contributed by atoms with Gasteiger partial charge in [0.05, 0.1) is 12.5 Å². The Morgan fingerprint density at radius 2 is 1.89 bits per heavy atom. The molecular formula is C16H20O3. The number of rotatable bonds is 8. The second-order valence-corrected chi connectivity index (χ2v) is 4.56. The first kappa shape index (κ1) is 15.0. The van der Waals surface area contributed by atoms with Crippen LogP contribution in [0, 0.1) is 5.41 Å². The Hall–Kier alpha value is -2.03. The van der Waals surface area contributed by atoms with Crippen molar-refractivity contribution in [3.05, 3.63) is 55.1 Å². The van der Waals surface area contributed by atoms with E-state index in [2.05, 4.69) is 13.2 Å². The minimum Gasteiger partial charge on any atom is -0.496 e. The average molecular weight is 260 g/mol.